The van der Waals surface area contributed by atoms with Crippen molar-refractivity contribution in [2.45, 2.75) is 6.92 Å². The molecule has 0 saturated carbocycles. The highest BCUT2D eigenvalue weighted by Gasteiger charge is 2.00. The van der Waals surface area contributed by atoms with E-state index in [1.807, 2.05) is 31.2 Å². The number of halogens is 3. The lowest BCUT2D eigenvalue weighted by Crippen LogP contribution is -2.04. The predicted octanol–water partition coefficient (Wildman–Crippen LogP) is 3.50. The van der Waals surface area contributed by atoms with Crippen molar-refractivity contribution in [1.82, 2.24) is 0 Å². The summed E-state index contributed by atoms with van der Waals surface area (Å²) in [6.07, 6.45) is 0. The molecule has 1 rings (SSSR count). The van der Waals surface area contributed by atoms with Crippen LogP contribution >= 0.6 is 47.4 Å². The highest BCUT2D eigenvalue weighted by Crippen LogP contribution is 2.08. The van der Waals surface area contributed by atoms with Gasteiger partial charge >= 0.3 is 0 Å². The first-order valence-electron chi connectivity index (χ1n) is 3.71. The molecule has 2 nitrogen and oxygen atoms in total. The normalized spacial score (nSPS) is 8.14. The van der Waals surface area contributed by atoms with Gasteiger partial charge in [0, 0.05) is 9.13 Å². The number of benzene rings is 1. The van der Waals surface area contributed by atoms with Gasteiger partial charge in [-0.05, 0) is 47.7 Å². The summed E-state index contributed by atoms with van der Waals surface area (Å²) in [5.41, 5.74) is 0.837. The van der Waals surface area contributed by atoms with Gasteiger partial charge in [-0.25, -0.2) is 0 Å². The van der Waals surface area contributed by atoms with Gasteiger partial charge in [-0.1, -0.05) is 6.07 Å². The van der Waals surface area contributed by atoms with Gasteiger partial charge in [-0.3, -0.25) is 5.41 Å². The quantitative estimate of drug-likeness (QED) is 0.496. The van der Waals surface area contributed by atoms with Gasteiger partial charge in [0.2, 0.25) is 5.90 Å². The molecule has 14 heavy (non-hydrogen) atoms. The molecule has 0 aromatic heterocycles. The average molecular weight is 348 g/mol. The van der Waals surface area contributed by atoms with E-state index in [1.165, 1.54) is 0 Å². The third-order valence-electron chi connectivity index (χ3n) is 1.38. The second kappa shape index (κ2) is 8.32. The Kier molecular flexibility index (Phi) is 9.76. The first-order valence-corrected chi connectivity index (χ1v) is 4.79. The summed E-state index contributed by atoms with van der Waals surface area (Å²) >= 11 is 2.21. The topological polar surface area (TPSA) is 33.1 Å². The summed E-state index contributed by atoms with van der Waals surface area (Å²) in [5.74, 6) is 0.246. The summed E-state index contributed by atoms with van der Waals surface area (Å²) in [7, 11) is 0. The number of ether oxygens (including phenoxy) is 1. The molecule has 0 atom stereocenters. The van der Waals surface area contributed by atoms with E-state index in [4.69, 9.17) is 10.1 Å². The minimum atomic E-state index is 0. The molecule has 0 saturated heterocycles. The Morgan fingerprint density at radius 1 is 1.43 bits per heavy atom. The molecule has 0 fully saturated rings. The molecule has 0 bridgehead atoms. The van der Waals surface area contributed by atoms with E-state index in [-0.39, 0.29) is 30.7 Å². The third kappa shape index (κ3) is 5.02. The van der Waals surface area contributed by atoms with Crippen molar-refractivity contribution >= 4 is 53.3 Å². The van der Waals surface area contributed by atoms with Crippen LogP contribution in [0.25, 0.3) is 0 Å². The number of rotatable bonds is 2. The van der Waals surface area contributed by atoms with Crippen molar-refractivity contribution in [3.63, 3.8) is 0 Å². The van der Waals surface area contributed by atoms with Gasteiger partial charge in [-0.15, -0.1) is 24.8 Å². The molecule has 80 valence electrons. The molecular weight excluding hydrogens is 336 g/mol. The van der Waals surface area contributed by atoms with Crippen LogP contribution in [0, 0.1) is 8.98 Å². The van der Waals surface area contributed by atoms with Gasteiger partial charge < -0.3 is 4.74 Å². The van der Waals surface area contributed by atoms with Crippen molar-refractivity contribution in [1.29, 1.82) is 5.41 Å². The van der Waals surface area contributed by atoms with E-state index in [2.05, 4.69) is 22.6 Å². The summed E-state index contributed by atoms with van der Waals surface area (Å²) in [6.45, 7) is 2.42. The van der Waals surface area contributed by atoms with E-state index < -0.39 is 0 Å². The molecular formula is C9H12Cl2INO. The molecule has 5 heteroatoms. The highest BCUT2D eigenvalue weighted by atomic mass is 127. The van der Waals surface area contributed by atoms with E-state index >= 15 is 0 Å². The summed E-state index contributed by atoms with van der Waals surface area (Å²) in [6, 6.07) is 7.71. The van der Waals surface area contributed by atoms with Crippen LogP contribution in [0.3, 0.4) is 0 Å². The predicted molar refractivity (Wildman–Crippen MR) is 72.1 cm³/mol. The first-order chi connectivity index (χ1) is 5.74. The molecule has 1 aromatic carbocycles. The smallest absolute Gasteiger partial charge is 0.213 e. The van der Waals surface area contributed by atoms with Crippen molar-refractivity contribution < 1.29 is 4.74 Å². The molecule has 0 spiro atoms. The lowest BCUT2D eigenvalue weighted by Gasteiger charge is -2.04. The molecule has 0 heterocycles. The lowest BCUT2D eigenvalue weighted by atomic mass is 10.2. The van der Waals surface area contributed by atoms with Crippen LogP contribution in [0.5, 0.6) is 0 Å². The van der Waals surface area contributed by atoms with Crippen LogP contribution in [0.15, 0.2) is 24.3 Å². The Hall–Kier alpha value is -0.000000000000000222. The van der Waals surface area contributed by atoms with E-state index in [0.29, 0.717) is 6.61 Å². The van der Waals surface area contributed by atoms with Crippen LogP contribution in [-0.4, -0.2) is 12.5 Å². The van der Waals surface area contributed by atoms with Crippen LogP contribution in [0.1, 0.15) is 12.5 Å². The Labute approximate surface area is 110 Å². The van der Waals surface area contributed by atoms with Crippen LogP contribution in [-0.2, 0) is 4.74 Å². The third-order valence-corrected chi connectivity index (χ3v) is 2.05. The zero-order valence-electron chi connectivity index (χ0n) is 7.62. The fourth-order valence-electron chi connectivity index (χ4n) is 0.857. The largest absolute Gasteiger partial charge is 0.478 e. The fraction of sp³-hybridized carbons (Fsp3) is 0.222. The standard InChI is InChI=1S/C9H10INO.2ClH/c1-2-12-9(11)7-4-3-5-8(10)6-7;;/h3-6,11H,2H2,1H3;2*1H. The van der Waals surface area contributed by atoms with E-state index in [1.54, 1.807) is 0 Å². The van der Waals surface area contributed by atoms with Crippen molar-refractivity contribution in [3.8, 4) is 0 Å². The van der Waals surface area contributed by atoms with Crippen LogP contribution < -0.4 is 0 Å². The monoisotopic (exact) mass is 347 g/mol. The maximum atomic E-state index is 7.50. The molecule has 0 radical (unpaired) electrons. The molecule has 0 aliphatic rings. The minimum Gasteiger partial charge on any atom is -0.478 e. The highest BCUT2D eigenvalue weighted by molar-refractivity contribution is 14.1. The Morgan fingerprint density at radius 3 is 2.57 bits per heavy atom. The van der Waals surface area contributed by atoms with Gasteiger partial charge in [-0.2, -0.15) is 0 Å². The second-order valence-electron chi connectivity index (χ2n) is 2.27. The zero-order valence-corrected chi connectivity index (χ0v) is 11.4. The number of hydrogen-bond donors (Lipinski definition) is 1. The number of hydrogen-bond acceptors (Lipinski definition) is 2. The zero-order chi connectivity index (χ0) is 8.97. The summed E-state index contributed by atoms with van der Waals surface area (Å²) < 4.78 is 6.18. The van der Waals surface area contributed by atoms with E-state index in [9.17, 15) is 0 Å². The molecule has 0 unspecified atom stereocenters. The molecule has 0 aliphatic carbocycles. The Bertz CT molecular complexity index is 294. The van der Waals surface area contributed by atoms with Crippen LogP contribution in [0.2, 0.25) is 0 Å². The Balaban J connectivity index is 0. The van der Waals surface area contributed by atoms with Gasteiger partial charge in [0.25, 0.3) is 0 Å². The van der Waals surface area contributed by atoms with Gasteiger partial charge in [0.1, 0.15) is 0 Å². The van der Waals surface area contributed by atoms with Crippen molar-refractivity contribution in [3.05, 3.63) is 33.4 Å². The van der Waals surface area contributed by atoms with Crippen LogP contribution in [0.4, 0.5) is 0 Å². The SMILES string of the molecule is CCOC(=N)c1cccc(I)c1.Cl.Cl. The summed E-state index contributed by atoms with van der Waals surface area (Å²) in [4.78, 5) is 0. The molecule has 0 amide bonds. The second-order valence-corrected chi connectivity index (χ2v) is 3.52. The molecule has 1 N–H and O–H groups in total. The van der Waals surface area contributed by atoms with Crippen molar-refractivity contribution in [2.24, 2.45) is 0 Å². The maximum Gasteiger partial charge on any atom is 0.213 e. The first kappa shape index (κ1) is 16.4. The maximum absolute atomic E-state index is 7.50. The summed E-state index contributed by atoms with van der Waals surface area (Å²) in [5, 5.41) is 7.50. The van der Waals surface area contributed by atoms with Gasteiger partial charge in [0.15, 0.2) is 0 Å². The average Bonchev–Trinajstić information content (AvgIpc) is 2.05. The minimum absolute atomic E-state index is 0. The van der Waals surface area contributed by atoms with E-state index in [0.717, 1.165) is 9.13 Å². The van der Waals surface area contributed by atoms with Crippen molar-refractivity contribution in [2.75, 3.05) is 6.61 Å². The van der Waals surface area contributed by atoms with Gasteiger partial charge in [0.05, 0.1) is 6.61 Å². The molecule has 0 aliphatic heterocycles. The fourth-order valence-corrected chi connectivity index (χ4v) is 1.40. The number of nitrogens with one attached hydrogen (secondary N) is 1. The Morgan fingerprint density at radius 2 is 2.07 bits per heavy atom. The lowest BCUT2D eigenvalue weighted by molar-refractivity contribution is 0.325. The molecule has 1 aromatic rings.